The minimum absolute atomic E-state index is 0.121. The van der Waals surface area contributed by atoms with Gasteiger partial charge in [-0.15, -0.1) is 0 Å². The number of aromatic nitrogens is 1. The summed E-state index contributed by atoms with van der Waals surface area (Å²) in [6, 6.07) is 13.3. The molecule has 1 amide bonds. The zero-order valence-electron chi connectivity index (χ0n) is 20.6. The maximum atomic E-state index is 13.1. The van der Waals surface area contributed by atoms with Gasteiger partial charge >= 0.3 is 5.97 Å². The summed E-state index contributed by atoms with van der Waals surface area (Å²) in [7, 11) is 0. The second-order valence-corrected chi connectivity index (χ2v) is 9.96. The largest absolute Gasteiger partial charge is 0.481 e. The van der Waals surface area contributed by atoms with Crippen molar-refractivity contribution in [1.82, 2.24) is 9.88 Å². The van der Waals surface area contributed by atoms with Gasteiger partial charge in [-0.1, -0.05) is 24.3 Å². The summed E-state index contributed by atoms with van der Waals surface area (Å²) in [5, 5.41) is 10.9. The predicted molar refractivity (Wildman–Crippen MR) is 136 cm³/mol. The first kappa shape index (κ1) is 24.5. The van der Waals surface area contributed by atoms with Crippen molar-refractivity contribution in [3.63, 3.8) is 0 Å². The molecule has 2 N–H and O–H groups in total. The molecular formula is C28H32N2O5. The molecule has 1 aliphatic heterocycles. The first-order valence-corrected chi connectivity index (χ1v) is 12.0. The summed E-state index contributed by atoms with van der Waals surface area (Å²) in [6.07, 6.45) is 2.49. The number of nitrogens with zero attached hydrogens (tertiary/aromatic N) is 1. The van der Waals surface area contributed by atoms with Crippen LogP contribution in [0.1, 0.15) is 39.2 Å². The van der Waals surface area contributed by atoms with Crippen molar-refractivity contribution in [2.24, 2.45) is 11.3 Å². The van der Waals surface area contributed by atoms with E-state index in [9.17, 15) is 19.5 Å². The molecule has 0 radical (unpaired) electrons. The van der Waals surface area contributed by atoms with Crippen LogP contribution < -0.4 is 10.3 Å². The Morgan fingerprint density at radius 2 is 1.89 bits per heavy atom. The minimum atomic E-state index is -0.906. The number of carboxylic acids is 1. The van der Waals surface area contributed by atoms with Crippen molar-refractivity contribution in [3.05, 3.63) is 64.6 Å². The van der Waals surface area contributed by atoms with Crippen LogP contribution in [0.4, 0.5) is 0 Å². The molecule has 7 heteroatoms. The standard InChI is InChI=1S/C28H32N2O5/c1-17-8-5-6-10-21(17)24-15-29-25(31)23-14-20(11-12-22(23)24)35-18(2)26(32)30-13-7-9-19(16-30)28(3,4)27(33)34/h5-6,8,10-12,14-15,18-19H,7,9,13,16H2,1-4H3,(H,29,31)(H,33,34)/t18-,19?/m1/s1. The van der Waals surface area contributed by atoms with E-state index >= 15 is 0 Å². The Kier molecular flexibility index (Phi) is 6.70. The number of amides is 1. The first-order chi connectivity index (χ1) is 16.6. The van der Waals surface area contributed by atoms with Gasteiger partial charge in [0.05, 0.1) is 10.8 Å². The molecule has 0 bridgehead atoms. The van der Waals surface area contributed by atoms with Crippen molar-refractivity contribution >= 4 is 22.6 Å². The molecule has 7 nitrogen and oxygen atoms in total. The summed E-state index contributed by atoms with van der Waals surface area (Å²) in [4.78, 5) is 42.0. The number of carbonyl (C=O) groups is 2. The van der Waals surface area contributed by atoms with Gasteiger partial charge in [0.25, 0.3) is 11.5 Å². The number of H-pyrrole nitrogens is 1. The van der Waals surface area contributed by atoms with E-state index in [4.69, 9.17) is 4.74 Å². The molecule has 35 heavy (non-hydrogen) atoms. The van der Waals surface area contributed by atoms with E-state index in [1.165, 1.54) is 0 Å². The first-order valence-electron chi connectivity index (χ1n) is 12.0. The monoisotopic (exact) mass is 476 g/mol. The van der Waals surface area contributed by atoms with Crippen molar-refractivity contribution in [2.45, 2.75) is 46.6 Å². The molecule has 0 spiro atoms. The van der Waals surface area contributed by atoms with E-state index in [1.54, 1.807) is 44.0 Å². The summed E-state index contributed by atoms with van der Waals surface area (Å²) < 4.78 is 5.97. The highest BCUT2D eigenvalue weighted by molar-refractivity contribution is 5.97. The fourth-order valence-electron chi connectivity index (χ4n) is 4.86. The van der Waals surface area contributed by atoms with Crippen LogP contribution in [-0.2, 0) is 9.59 Å². The van der Waals surface area contributed by atoms with Crippen LogP contribution in [-0.4, -0.2) is 46.1 Å². The number of benzene rings is 2. The molecular weight excluding hydrogens is 444 g/mol. The number of nitrogens with one attached hydrogen (secondary N) is 1. The number of hydrogen-bond donors (Lipinski definition) is 2. The smallest absolute Gasteiger partial charge is 0.309 e. The fourth-order valence-corrected chi connectivity index (χ4v) is 4.86. The number of aliphatic carboxylic acids is 1. The third-order valence-corrected chi connectivity index (χ3v) is 7.27. The van der Waals surface area contributed by atoms with Gasteiger partial charge in [0, 0.05) is 24.8 Å². The lowest BCUT2D eigenvalue weighted by Gasteiger charge is -2.40. The zero-order valence-corrected chi connectivity index (χ0v) is 20.6. The quantitative estimate of drug-likeness (QED) is 0.541. The van der Waals surface area contributed by atoms with Gasteiger partial charge in [-0.05, 0) is 81.2 Å². The summed E-state index contributed by atoms with van der Waals surface area (Å²) >= 11 is 0. The molecule has 1 unspecified atom stereocenters. The van der Waals surface area contributed by atoms with Crippen molar-refractivity contribution < 1.29 is 19.4 Å². The van der Waals surface area contributed by atoms with Gasteiger partial charge in [-0.25, -0.2) is 0 Å². The Morgan fingerprint density at radius 3 is 2.60 bits per heavy atom. The van der Waals surface area contributed by atoms with Crippen LogP contribution in [0, 0.1) is 18.3 Å². The molecule has 1 aromatic heterocycles. The number of rotatable bonds is 6. The Morgan fingerprint density at radius 1 is 1.14 bits per heavy atom. The topological polar surface area (TPSA) is 99.7 Å². The summed E-state index contributed by atoms with van der Waals surface area (Å²) in [5.41, 5.74) is 1.93. The Bertz CT molecular complexity index is 1330. The number of carboxylic acid groups (broad SMARTS) is 1. The van der Waals surface area contributed by atoms with E-state index in [1.807, 2.05) is 37.3 Å². The van der Waals surface area contributed by atoms with E-state index < -0.39 is 17.5 Å². The lowest BCUT2D eigenvalue weighted by Crippen LogP contribution is -2.50. The molecule has 3 aromatic rings. The van der Waals surface area contributed by atoms with Gasteiger partial charge in [0.1, 0.15) is 5.75 Å². The molecule has 1 fully saturated rings. The number of carbonyl (C=O) groups excluding carboxylic acids is 1. The number of pyridine rings is 1. The van der Waals surface area contributed by atoms with Crippen molar-refractivity contribution in [2.75, 3.05) is 13.1 Å². The average Bonchev–Trinajstić information content (AvgIpc) is 2.84. The maximum absolute atomic E-state index is 13.1. The number of ether oxygens (including phenoxy) is 1. The summed E-state index contributed by atoms with van der Waals surface area (Å²) in [5.74, 6) is -0.722. The Labute approximate surface area is 204 Å². The zero-order chi connectivity index (χ0) is 25.3. The molecule has 1 aliphatic rings. The van der Waals surface area contributed by atoms with Gasteiger partial charge in [-0.3, -0.25) is 14.4 Å². The predicted octanol–water partition coefficient (Wildman–Crippen LogP) is 4.62. The van der Waals surface area contributed by atoms with Gasteiger partial charge in [0.15, 0.2) is 6.10 Å². The molecule has 0 saturated carbocycles. The van der Waals surface area contributed by atoms with E-state index in [2.05, 4.69) is 4.98 Å². The third kappa shape index (κ3) is 4.81. The van der Waals surface area contributed by atoms with Crippen LogP contribution in [0.3, 0.4) is 0 Å². The second kappa shape index (κ2) is 9.56. The average molecular weight is 477 g/mol. The molecule has 1 saturated heterocycles. The normalized spacial score (nSPS) is 17.3. The number of fused-ring (bicyclic) bond motifs is 1. The molecule has 2 aromatic carbocycles. The van der Waals surface area contributed by atoms with Gasteiger partial charge in [-0.2, -0.15) is 0 Å². The second-order valence-electron chi connectivity index (χ2n) is 9.96. The van der Waals surface area contributed by atoms with E-state index in [-0.39, 0.29) is 17.4 Å². The van der Waals surface area contributed by atoms with Crippen LogP contribution in [0.25, 0.3) is 21.9 Å². The van der Waals surface area contributed by atoms with Crippen molar-refractivity contribution in [1.29, 1.82) is 0 Å². The highest BCUT2D eigenvalue weighted by Crippen LogP contribution is 2.35. The number of hydrogen-bond acceptors (Lipinski definition) is 4. The lowest BCUT2D eigenvalue weighted by molar-refractivity contribution is -0.154. The minimum Gasteiger partial charge on any atom is -0.481 e. The lowest BCUT2D eigenvalue weighted by atomic mass is 9.74. The number of likely N-dealkylation sites (tertiary alicyclic amines) is 1. The van der Waals surface area contributed by atoms with Crippen LogP contribution in [0.5, 0.6) is 5.75 Å². The fraction of sp³-hybridized carbons (Fsp3) is 0.393. The molecule has 0 aliphatic carbocycles. The van der Waals surface area contributed by atoms with Crippen LogP contribution in [0.15, 0.2) is 53.5 Å². The maximum Gasteiger partial charge on any atom is 0.309 e. The van der Waals surface area contributed by atoms with Gasteiger partial charge < -0.3 is 19.7 Å². The Hall–Kier alpha value is -3.61. The van der Waals surface area contributed by atoms with Gasteiger partial charge in [0.2, 0.25) is 0 Å². The molecule has 4 rings (SSSR count). The number of piperidine rings is 1. The summed E-state index contributed by atoms with van der Waals surface area (Å²) in [6.45, 7) is 8.11. The SMILES string of the molecule is Cc1ccccc1-c1c[nH]c(=O)c2cc(O[C@H](C)C(=O)N3CCCC(C(C)(C)C(=O)O)C3)ccc12. The molecule has 2 heterocycles. The van der Waals surface area contributed by atoms with Crippen LogP contribution in [0.2, 0.25) is 0 Å². The highest BCUT2D eigenvalue weighted by atomic mass is 16.5. The van der Waals surface area contributed by atoms with Crippen molar-refractivity contribution in [3.8, 4) is 16.9 Å². The van der Waals surface area contributed by atoms with E-state index in [0.717, 1.165) is 34.9 Å². The molecule has 2 atom stereocenters. The number of aryl methyl sites for hydroxylation is 1. The van der Waals surface area contributed by atoms with E-state index in [0.29, 0.717) is 24.2 Å². The Balaban J connectivity index is 1.55. The number of aromatic amines is 1. The third-order valence-electron chi connectivity index (χ3n) is 7.27. The van der Waals surface area contributed by atoms with Crippen LogP contribution >= 0.6 is 0 Å². The highest BCUT2D eigenvalue weighted by Gasteiger charge is 2.40. The molecule has 184 valence electrons.